The van der Waals surface area contributed by atoms with Crippen LogP contribution in [0.2, 0.25) is 0 Å². The van der Waals surface area contributed by atoms with Gasteiger partial charge in [-0.25, -0.2) is 13.1 Å². The van der Waals surface area contributed by atoms with Crippen LogP contribution in [-0.2, 0) is 16.6 Å². The normalized spacial score (nSPS) is 19.7. The molecule has 0 spiro atoms. The third-order valence-corrected chi connectivity index (χ3v) is 6.69. The molecule has 4 nitrogen and oxygen atoms in total. The van der Waals surface area contributed by atoms with E-state index < -0.39 is 10.0 Å². The minimum absolute atomic E-state index is 0.0569. The summed E-state index contributed by atoms with van der Waals surface area (Å²) in [6.45, 7) is 4.51. The summed E-state index contributed by atoms with van der Waals surface area (Å²) < 4.78 is 28.3. The Labute approximate surface area is 132 Å². The highest BCUT2D eigenvalue weighted by molar-refractivity contribution is 7.99. The second kappa shape index (κ2) is 7.13. The van der Waals surface area contributed by atoms with E-state index in [1.807, 2.05) is 38.7 Å². The zero-order valence-corrected chi connectivity index (χ0v) is 14.5. The molecule has 0 aliphatic carbocycles. The van der Waals surface area contributed by atoms with Gasteiger partial charge in [-0.15, -0.1) is 0 Å². The maximum Gasteiger partial charge on any atom is 0.241 e. The molecule has 0 saturated carbocycles. The SMILES string of the molecule is CNCc1cc(C)c(C)c(S(=O)(=O)NC2CCCSC2)c1. The maximum atomic E-state index is 12.7. The van der Waals surface area contributed by atoms with E-state index in [0.717, 1.165) is 41.0 Å². The lowest BCUT2D eigenvalue weighted by Crippen LogP contribution is -2.38. The van der Waals surface area contributed by atoms with Gasteiger partial charge in [0.15, 0.2) is 0 Å². The van der Waals surface area contributed by atoms with Crippen LogP contribution in [0.4, 0.5) is 0 Å². The van der Waals surface area contributed by atoms with Crippen molar-refractivity contribution < 1.29 is 8.42 Å². The van der Waals surface area contributed by atoms with Crippen molar-refractivity contribution in [1.29, 1.82) is 0 Å². The van der Waals surface area contributed by atoms with Crippen molar-refractivity contribution >= 4 is 21.8 Å². The molecule has 21 heavy (non-hydrogen) atoms. The molecule has 0 bridgehead atoms. The third-order valence-electron chi connectivity index (χ3n) is 3.83. The van der Waals surface area contributed by atoms with E-state index in [-0.39, 0.29) is 6.04 Å². The molecule has 2 rings (SSSR count). The minimum atomic E-state index is -3.45. The van der Waals surface area contributed by atoms with Crippen molar-refractivity contribution in [3.63, 3.8) is 0 Å². The number of nitrogens with one attached hydrogen (secondary N) is 2. The average Bonchev–Trinajstić information content (AvgIpc) is 2.43. The quantitative estimate of drug-likeness (QED) is 0.870. The summed E-state index contributed by atoms with van der Waals surface area (Å²) in [6, 6.07) is 3.89. The van der Waals surface area contributed by atoms with Gasteiger partial charge >= 0.3 is 0 Å². The van der Waals surface area contributed by atoms with Gasteiger partial charge in [-0.3, -0.25) is 0 Å². The fourth-order valence-corrected chi connectivity index (χ4v) is 5.42. The Kier molecular flexibility index (Phi) is 5.71. The summed E-state index contributed by atoms with van der Waals surface area (Å²) in [4.78, 5) is 0.420. The molecule has 1 atom stereocenters. The van der Waals surface area contributed by atoms with Gasteiger partial charge in [-0.05, 0) is 62.2 Å². The second-order valence-electron chi connectivity index (χ2n) is 5.60. The van der Waals surface area contributed by atoms with E-state index in [2.05, 4.69) is 10.0 Å². The first-order valence-corrected chi connectivity index (χ1v) is 9.92. The molecule has 2 N–H and O–H groups in total. The number of aryl methyl sites for hydroxylation is 1. The molecular weight excluding hydrogens is 304 g/mol. The van der Waals surface area contributed by atoms with E-state index in [4.69, 9.17) is 0 Å². The van der Waals surface area contributed by atoms with Crippen LogP contribution in [0.25, 0.3) is 0 Å². The molecule has 118 valence electrons. The Morgan fingerprint density at radius 3 is 2.71 bits per heavy atom. The largest absolute Gasteiger partial charge is 0.316 e. The van der Waals surface area contributed by atoms with Crippen molar-refractivity contribution in [2.45, 2.75) is 44.2 Å². The van der Waals surface area contributed by atoms with Gasteiger partial charge in [0.25, 0.3) is 0 Å². The summed E-state index contributed by atoms with van der Waals surface area (Å²) in [7, 11) is -1.58. The van der Waals surface area contributed by atoms with E-state index in [1.165, 1.54) is 0 Å². The molecule has 1 fully saturated rings. The molecule has 1 aliphatic heterocycles. The van der Waals surface area contributed by atoms with Crippen molar-refractivity contribution in [3.05, 3.63) is 28.8 Å². The molecule has 0 aromatic heterocycles. The Bertz CT molecular complexity index is 594. The van der Waals surface area contributed by atoms with Gasteiger partial charge < -0.3 is 5.32 Å². The highest BCUT2D eigenvalue weighted by Crippen LogP contribution is 2.23. The summed E-state index contributed by atoms with van der Waals surface area (Å²) in [6.07, 6.45) is 2.01. The third kappa shape index (κ3) is 4.22. The van der Waals surface area contributed by atoms with Crippen molar-refractivity contribution in [2.75, 3.05) is 18.6 Å². The van der Waals surface area contributed by atoms with Gasteiger partial charge in [0.05, 0.1) is 4.90 Å². The Balaban J connectivity index is 2.29. The van der Waals surface area contributed by atoms with Crippen LogP contribution in [0.5, 0.6) is 0 Å². The van der Waals surface area contributed by atoms with Crippen molar-refractivity contribution in [2.24, 2.45) is 0 Å². The minimum Gasteiger partial charge on any atom is -0.316 e. The first kappa shape index (κ1) is 16.8. The van der Waals surface area contributed by atoms with Crippen molar-refractivity contribution in [1.82, 2.24) is 10.0 Å². The van der Waals surface area contributed by atoms with Crippen LogP contribution in [0.1, 0.15) is 29.5 Å². The van der Waals surface area contributed by atoms with Crippen LogP contribution < -0.4 is 10.0 Å². The van der Waals surface area contributed by atoms with Crippen molar-refractivity contribution in [3.8, 4) is 0 Å². The van der Waals surface area contributed by atoms with Crippen LogP contribution in [0.3, 0.4) is 0 Å². The Hall–Kier alpha value is -0.560. The van der Waals surface area contributed by atoms with Crippen LogP contribution in [0, 0.1) is 13.8 Å². The first-order chi connectivity index (χ1) is 9.94. The summed E-state index contributed by atoms with van der Waals surface area (Å²) in [5.41, 5.74) is 2.85. The molecular formula is C15H24N2O2S2. The number of hydrogen-bond acceptors (Lipinski definition) is 4. The molecule has 1 heterocycles. The van der Waals surface area contributed by atoms with E-state index in [0.29, 0.717) is 11.4 Å². The number of hydrogen-bond donors (Lipinski definition) is 2. The zero-order chi connectivity index (χ0) is 15.5. The number of rotatable bonds is 5. The van der Waals surface area contributed by atoms with Gasteiger partial charge in [0, 0.05) is 18.3 Å². The Morgan fingerprint density at radius 1 is 1.33 bits per heavy atom. The van der Waals surface area contributed by atoms with Crippen LogP contribution in [-0.4, -0.2) is 33.0 Å². The molecule has 1 aliphatic rings. The lowest BCUT2D eigenvalue weighted by Gasteiger charge is -2.23. The topological polar surface area (TPSA) is 58.2 Å². The van der Waals surface area contributed by atoms with Gasteiger partial charge in [-0.1, -0.05) is 6.07 Å². The molecule has 6 heteroatoms. The molecule has 1 unspecified atom stereocenters. The molecule has 1 aromatic carbocycles. The predicted molar refractivity (Wildman–Crippen MR) is 89.3 cm³/mol. The highest BCUT2D eigenvalue weighted by atomic mass is 32.2. The molecule has 1 saturated heterocycles. The lowest BCUT2D eigenvalue weighted by atomic mass is 10.1. The average molecular weight is 329 g/mol. The van der Waals surface area contributed by atoms with Crippen LogP contribution in [0.15, 0.2) is 17.0 Å². The van der Waals surface area contributed by atoms with E-state index >= 15 is 0 Å². The molecule has 1 aromatic rings. The maximum absolute atomic E-state index is 12.7. The highest BCUT2D eigenvalue weighted by Gasteiger charge is 2.24. The van der Waals surface area contributed by atoms with Gasteiger partial charge in [0.2, 0.25) is 10.0 Å². The van der Waals surface area contributed by atoms with Gasteiger partial charge in [0.1, 0.15) is 0 Å². The number of thioether (sulfide) groups is 1. The second-order valence-corrected chi connectivity index (χ2v) is 8.43. The van der Waals surface area contributed by atoms with Crippen LogP contribution >= 0.6 is 11.8 Å². The molecule has 0 radical (unpaired) electrons. The zero-order valence-electron chi connectivity index (χ0n) is 12.9. The monoisotopic (exact) mass is 328 g/mol. The standard InChI is InChI=1S/C15H24N2O2S2/c1-11-7-13(9-16-3)8-15(12(11)2)21(18,19)17-14-5-4-6-20-10-14/h7-8,14,16-17H,4-6,9-10H2,1-3H3. The summed E-state index contributed by atoms with van der Waals surface area (Å²) >= 11 is 1.82. The smallest absolute Gasteiger partial charge is 0.241 e. The molecule has 0 amide bonds. The fraction of sp³-hybridized carbons (Fsp3) is 0.600. The Morgan fingerprint density at radius 2 is 2.10 bits per heavy atom. The van der Waals surface area contributed by atoms with E-state index in [9.17, 15) is 8.42 Å². The van der Waals surface area contributed by atoms with E-state index in [1.54, 1.807) is 6.07 Å². The summed E-state index contributed by atoms with van der Waals surface area (Å²) in [5.74, 6) is 2.00. The summed E-state index contributed by atoms with van der Waals surface area (Å²) in [5, 5.41) is 3.07. The lowest BCUT2D eigenvalue weighted by molar-refractivity contribution is 0.542. The predicted octanol–water partition coefficient (Wildman–Crippen LogP) is 2.20. The van der Waals surface area contributed by atoms with Gasteiger partial charge in [-0.2, -0.15) is 11.8 Å². The number of benzene rings is 1. The number of sulfonamides is 1. The fourth-order valence-electron chi connectivity index (χ4n) is 2.60. The first-order valence-electron chi connectivity index (χ1n) is 7.29.